The Morgan fingerprint density at radius 1 is 1.33 bits per heavy atom. The smallest absolute Gasteiger partial charge is 0.0729 e. The molecular weight excluding hydrogens is 226 g/mol. The summed E-state index contributed by atoms with van der Waals surface area (Å²) in [5.41, 5.74) is 2.26. The molecule has 18 heavy (non-hydrogen) atoms. The van der Waals surface area contributed by atoms with Gasteiger partial charge in [0.05, 0.1) is 30.2 Å². The van der Waals surface area contributed by atoms with Gasteiger partial charge in [-0.25, -0.2) is 0 Å². The summed E-state index contributed by atoms with van der Waals surface area (Å²) in [6.45, 7) is 0.785. The maximum absolute atomic E-state index is 4.45. The molecule has 1 fully saturated rings. The largest absolute Gasteiger partial charge is 0.377 e. The van der Waals surface area contributed by atoms with Crippen molar-refractivity contribution in [2.24, 2.45) is 7.05 Å². The van der Waals surface area contributed by atoms with Crippen LogP contribution in [0.3, 0.4) is 0 Å². The molecule has 0 bridgehead atoms. The van der Waals surface area contributed by atoms with Crippen LogP contribution in [0.15, 0.2) is 24.7 Å². The molecule has 0 radical (unpaired) electrons. The summed E-state index contributed by atoms with van der Waals surface area (Å²) >= 11 is 0. The van der Waals surface area contributed by atoms with E-state index in [1.54, 1.807) is 0 Å². The molecule has 0 amide bonds. The Balaban J connectivity index is 1.61. The van der Waals surface area contributed by atoms with Gasteiger partial charge in [-0.2, -0.15) is 10.2 Å². The summed E-state index contributed by atoms with van der Waals surface area (Å²) in [5.74, 6) is 0. The number of aromatic nitrogens is 4. The summed E-state index contributed by atoms with van der Waals surface area (Å²) in [6.07, 6.45) is 11.1. The summed E-state index contributed by atoms with van der Waals surface area (Å²) < 4.78 is 3.99. The van der Waals surface area contributed by atoms with Crippen LogP contribution in [0.5, 0.6) is 0 Å². The first-order chi connectivity index (χ1) is 8.83. The Kier molecular flexibility index (Phi) is 3.04. The van der Waals surface area contributed by atoms with E-state index >= 15 is 0 Å². The van der Waals surface area contributed by atoms with Crippen LogP contribution >= 0.6 is 0 Å². The lowest BCUT2D eigenvalue weighted by atomic mass is 10.3. The lowest BCUT2D eigenvalue weighted by Gasteiger charge is -2.08. The van der Waals surface area contributed by atoms with Crippen LogP contribution in [0, 0.1) is 0 Å². The Labute approximate surface area is 107 Å². The summed E-state index contributed by atoms with van der Waals surface area (Å²) in [7, 11) is 1.96. The number of nitrogens with one attached hydrogen (secondary N) is 1. The van der Waals surface area contributed by atoms with Crippen molar-refractivity contribution in [3.8, 4) is 0 Å². The van der Waals surface area contributed by atoms with Crippen LogP contribution in [0.1, 0.15) is 37.4 Å². The number of aryl methyl sites for hydroxylation is 1. The van der Waals surface area contributed by atoms with Crippen LogP contribution in [0.25, 0.3) is 0 Å². The van der Waals surface area contributed by atoms with Crippen molar-refractivity contribution >= 4 is 5.69 Å². The highest BCUT2D eigenvalue weighted by Gasteiger charge is 2.17. The lowest BCUT2D eigenvalue weighted by Crippen LogP contribution is -2.06. The molecule has 1 aliphatic carbocycles. The number of hydrogen-bond donors (Lipinski definition) is 1. The minimum absolute atomic E-state index is 0.609. The normalized spacial score (nSPS) is 16.3. The molecule has 5 heteroatoms. The van der Waals surface area contributed by atoms with Gasteiger partial charge >= 0.3 is 0 Å². The van der Waals surface area contributed by atoms with E-state index in [4.69, 9.17) is 0 Å². The van der Waals surface area contributed by atoms with Gasteiger partial charge in [0, 0.05) is 19.4 Å². The molecule has 0 aliphatic heterocycles. The third-order valence-electron chi connectivity index (χ3n) is 3.70. The van der Waals surface area contributed by atoms with Crippen molar-refractivity contribution in [1.29, 1.82) is 0 Å². The molecule has 2 aromatic rings. The molecule has 2 heterocycles. The van der Waals surface area contributed by atoms with E-state index < -0.39 is 0 Å². The van der Waals surface area contributed by atoms with Gasteiger partial charge in [-0.05, 0) is 18.9 Å². The van der Waals surface area contributed by atoms with E-state index in [9.17, 15) is 0 Å². The van der Waals surface area contributed by atoms with Crippen LogP contribution in [0.4, 0.5) is 5.69 Å². The van der Waals surface area contributed by atoms with Gasteiger partial charge in [0.2, 0.25) is 0 Å². The van der Waals surface area contributed by atoms with Gasteiger partial charge in [-0.15, -0.1) is 0 Å². The first kappa shape index (κ1) is 11.3. The number of rotatable bonds is 4. The first-order valence-electron chi connectivity index (χ1n) is 6.58. The molecule has 96 valence electrons. The van der Waals surface area contributed by atoms with E-state index in [2.05, 4.69) is 26.4 Å². The number of hydrogen-bond acceptors (Lipinski definition) is 3. The highest BCUT2D eigenvalue weighted by Crippen LogP contribution is 2.29. The molecule has 1 N–H and O–H groups in total. The highest BCUT2D eigenvalue weighted by molar-refractivity contribution is 5.38. The Hall–Kier alpha value is -1.78. The van der Waals surface area contributed by atoms with Gasteiger partial charge < -0.3 is 5.32 Å². The first-order valence-corrected chi connectivity index (χ1v) is 6.58. The van der Waals surface area contributed by atoms with Crippen molar-refractivity contribution in [1.82, 2.24) is 19.6 Å². The Bertz CT molecular complexity index is 507. The number of anilines is 1. The third-order valence-corrected chi connectivity index (χ3v) is 3.70. The van der Waals surface area contributed by atoms with Crippen molar-refractivity contribution in [2.45, 2.75) is 38.3 Å². The van der Waals surface area contributed by atoms with Gasteiger partial charge in [0.1, 0.15) is 0 Å². The zero-order valence-corrected chi connectivity index (χ0v) is 10.7. The summed E-state index contributed by atoms with van der Waals surface area (Å²) in [4.78, 5) is 0. The van der Waals surface area contributed by atoms with Crippen molar-refractivity contribution in [3.63, 3.8) is 0 Å². The predicted molar refractivity (Wildman–Crippen MR) is 70.3 cm³/mol. The van der Waals surface area contributed by atoms with Gasteiger partial charge in [0.15, 0.2) is 0 Å². The summed E-state index contributed by atoms with van der Waals surface area (Å²) in [6, 6.07) is 2.63. The van der Waals surface area contributed by atoms with Gasteiger partial charge in [-0.3, -0.25) is 9.36 Å². The molecule has 0 spiro atoms. The fourth-order valence-electron chi connectivity index (χ4n) is 2.57. The standard InChI is InChI=1S/C13H19N5/c1-17-13(6-7-15-17)9-14-11-8-16-18(10-11)12-4-2-3-5-12/h6-8,10,12,14H,2-5,9H2,1H3. The molecule has 1 saturated carbocycles. The minimum Gasteiger partial charge on any atom is -0.377 e. The second-order valence-corrected chi connectivity index (χ2v) is 4.95. The van der Waals surface area contributed by atoms with Gasteiger partial charge in [0.25, 0.3) is 0 Å². The second-order valence-electron chi connectivity index (χ2n) is 4.95. The zero-order valence-electron chi connectivity index (χ0n) is 10.7. The quantitative estimate of drug-likeness (QED) is 0.899. The minimum atomic E-state index is 0.609. The van der Waals surface area contributed by atoms with E-state index in [0.717, 1.165) is 12.2 Å². The maximum Gasteiger partial charge on any atom is 0.0729 e. The summed E-state index contributed by atoms with van der Waals surface area (Å²) in [5, 5.41) is 12.0. The van der Waals surface area contributed by atoms with E-state index in [1.165, 1.54) is 31.4 Å². The average Bonchev–Trinajstić information content (AvgIpc) is 3.08. The SMILES string of the molecule is Cn1nccc1CNc1cnn(C2CCCC2)c1. The molecule has 0 unspecified atom stereocenters. The molecule has 3 rings (SSSR count). The fraction of sp³-hybridized carbons (Fsp3) is 0.538. The molecule has 0 aromatic carbocycles. The predicted octanol–water partition coefficient (Wildman–Crippen LogP) is 2.34. The molecule has 2 aromatic heterocycles. The molecule has 0 saturated heterocycles. The molecule has 0 atom stereocenters. The maximum atomic E-state index is 4.45. The topological polar surface area (TPSA) is 47.7 Å². The van der Waals surface area contributed by atoms with E-state index in [1.807, 2.05) is 30.2 Å². The van der Waals surface area contributed by atoms with Crippen LogP contribution in [0.2, 0.25) is 0 Å². The van der Waals surface area contributed by atoms with Crippen LogP contribution in [-0.4, -0.2) is 19.6 Å². The van der Waals surface area contributed by atoms with E-state index in [-0.39, 0.29) is 0 Å². The Morgan fingerprint density at radius 2 is 2.17 bits per heavy atom. The third kappa shape index (κ3) is 2.25. The monoisotopic (exact) mass is 245 g/mol. The fourth-order valence-corrected chi connectivity index (χ4v) is 2.57. The Morgan fingerprint density at radius 3 is 2.89 bits per heavy atom. The van der Waals surface area contributed by atoms with Crippen molar-refractivity contribution in [3.05, 3.63) is 30.4 Å². The average molecular weight is 245 g/mol. The van der Waals surface area contributed by atoms with Gasteiger partial charge in [-0.1, -0.05) is 12.8 Å². The van der Waals surface area contributed by atoms with E-state index in [0.29, 0.717) is 6.04 Å². The number of nitrogens with zero attached hydrogens (tertiary/aromatic N) is 4. The molecule has 1 aliphatic rings. The molecular formula is C13H19N5. The molecule has 5 nitrogen and oxygen atoms in total. The second kappa shape index (κ2) is 4.84. The lowest BCUT2D eigenvalue weighted by molar-refractivity contribution is 0.467. The zero-order chi connectivity index (χ0) is 12.4. The van der Waals surface area contributed by atoms with Crippen LogP contribution in [-0.2, 0) is 13.6 Å². The van der Waals surface area contributed by atoms with Crippen molar-refractivity contribution in [2.75, 3.05) is 5.32 Å². The van der Waals surface area contributed by atoms with Crippen molar-refractivity contribution < 1.29 is 0 Å². The highest BCUT2D eigenvalue weighted by atomic mass is 15.3. The van der Waals surface area contributed by atoms with Crippen LogP contribution < -0.4 is 5.32 Å².